The molecule has 0 aliphatic heterocycles. The third kappa shape index (κ3) is 9.38. The van der Waals surface area contributed by atoms with Crippen molar-refractivity contribution in [3.63, 3.8) is 0 Å². The molecule has 0 atom stereocenters. The maximum absolute atomic E-state index is 11.2. The van der Waals surface area contributed by atoms with Crippen molar-refractivity contribution in [2.75, 3.05) is 0 Å². The van der Waals surface area contributed by atoms with E-state index < -0.39 is 26.0 Å². The number of rotatable bonds is 8. The average molecular weight is 679 g/mol. The Morgan fingerprint density at radius 3 is 0.938 bits per heavy atom. The van der Waals surface area contributed by atoms with Gasteiger partial charge in [0.1, 0.15) is 16.1 Å². The standard InChI is InChI=1S/C40H50N2O4Si2/c1-29(2)47(30(3)4,31(5)6)27-25-37(19-13-35-15-21-39(22-16-35)41(43)44)38(20-14-36-17-23-40(24-18-36)42(45)46)26-28-48(32(7)8,33(9)10)34(11)12/h15-18,21-24,29-34H,1-12H3/b38-37-. The number of non-ortho nitro benzene ring substituents is 2. The topological polar surface area (TPSA) is 86.3 Å². The zero-order valence-electron chi connectivity index (χ0n) is 30.6. The Bertz CT molecular complexity index is 1580. The molecule has 0 aliphatic rings. The number of hydrogen-bond acceptors (Lipinski definition) is 4. The van der Waals surface area contributed by atoms with Crippen molar-refractivity contribution in [1.29, 1.82) is 0 Å². The third-order valence-electron chi connectivity index (χ3n) is 9.61. The van der Waals surface area contributed by atoms with E-state index in [2.05, 4.69) is 130 Å². The van der Waals surface area contributed by atoms with Crippen LogP contribution in [0.5, 0.6) is 0 Å². The zero-order chi connectivity index (χ0) is 36.4. The third-order valence-corrected chi connectivity index (χ3v) is 22.2. The summed E-state index contributed by atoms with van der Waals surface area (Å²) >= 11 is 0. The Labute approximate surface area is 290 Å². The molecule has 0 aromatic heterocycles. The molecule has 2 aromatic rings. The quantitative estimate of drug-likeness (QED) is 0.120. The Morgan fingerprint density at radius 2 is 0.729 bits per heavy atom. The van der Waals surface area contributed by atoms with Gasteiger partial charge in [-0.15, -0.1) is 11.1 Å². The van der Waals surface area contributed by atoms with Gasteiger partial charge in [-0.2, -0.15) is 0 Å². The van der Waals surface area contributed by atoms with Gasteiger partial charge in [-0.05, 0) is 57.5 Å². The molecule has 8 heteroatoms. The van der Waals surface area contributed by atoms with Crippen LogP contribution in [-0.4, -0.2) is 26.0 Å². The van der Waals surface area contributed by atoms with Crippen LogP contribution in [0.2, 0.25) is 33.2 Å². The molecule has 6 nitrogen and oxygen atoms in total. The first kappa shape index (κ1) is 39.8. The predicted molar refractivity (Wildman–Crippen MR) is 205 cm³/mol. The lowest BCUT2D eigenvalue weighted by molar-refractivity contribution is -0.385. The van der Waals surface area contributed by atoms with Crippen molar-refractivity contribution >= 4 is 27.5 Å². The van der Waals surface area contributed by atoms with Crippen molar-refractivity contribution in [1.82, 2.24) is 0 Å². The van der Waals surface area contributed by atoms with Gasteiger partial charge in [0.05, 0.1) is 21.0 Å². The molecule has 0 radical (unpaired) electrons. The molecule has 0 aliphatic carbocycles. The monoisotopic (exact) mass is 678 g/mol. The number of nitro benzene ring substituents is 2. The molecule has 0 saturated heterocycles. The first-order valence-corrected chi connectivity index (χ1v) is 21.2. The molecule has 0 N–H and O–H groups in total. The van der Waals surface area contributed by atoms with E-state index in [0.717, 1.165) is 0 Å². The fraction of sp³-hybridized carbons (Fsp3) is 0.450. The largest absolute Gasteiger partial charge is 0.269 e. The molecule has 0 fully saturated rings. The summed E-state index contributed by atoms with van der Waals surface area (Å²) in [7, 11) is -4.34. The average Bonchev–Trinajstić information content (AvgIpc) is 3.00. The van der Waals surface area contributed by atoms with Gasteiger partial charge >= 0.3 is 0 Å². The summed E-state index contributed by atoms with van der Waals surface area (Å²) in [6, 6.07) is 12.3. The summed E-state index contributed by atoms with van der Waals surface area (Å²) < 4.78 is 0. The molecular formula is C40H50N2O4Si2. The highest BCUT2D eigenvalue weighted by Crippen LogP contribution is 2.42. The molecule has 48 heavy (non-hydrogen) atoms. The van der Waals surface area contributed by atoms with Crippen molar-refractivity contribution in [3.05, 3.63) is 91.0 Å². The van der Waals surface area contributed by atoms with Crippen molar-refractivity contribution in [2.24, 2.45) is 0 Å². The second kappa shape index (κ2) is 17.2. The van der Waals surface area contributed by atoms with Gasteiger partial charge in [0.25, 0.3) is 11.4 Å². The van der Waals surface area contributed by atoms with Crippen LogP contribution >= 0.6 is 0 Å². The van der Waals surface area contributed by atoms with Crippen molar-refractivity contribution < 1.29 is 9.85 Å². The first-order chi connectivity index (χ1) is 22.4. The van der Waals surface area contributed by atoms with Crippen LogP contribution in [0.15, 0.2) is 59.7 Å². The second-order valence-corrected chi connectivity index (χ2v) is 25.3. The van der Waals surface area contributed by atoms with E-state index in [0.29, 0.717) is 55.5 Å². The van der Waals surface area contributed by atoms with E-state index in [4.69, 9.17) is 0 Å². The van der Waals surface area contributed by atoms with Gasteiger partial charge in [-0.3, -0.25) is 20.2 Å². The van der Waals surface area contributed by atoms with E-state index in [1.165, 1.54) is 24.3 Å². The fourth-order valence-corrected chi connectivity index (χ4v) is 17.5. The molecule has 0 bridgehead atoms. The van der Waals surface area contributed by atoms with Gasteiger partial charge < -0.3 is 0 Å². The molecule has 0 saturated carbocycles. The zero-order valence-corrected chi connectivity index (χ0v) is 32.6. The van der Waals surface area contributed by atoms with Gasteiger partial charge in [0.2, 0.25) is 0 Å². The summed E-state index contributed by atoms with van der Waals surface area (Å²) in [5.41, 5.74) is 12.3. The predicted octanol–water partition coefficient (Wildman–Crippen LogP) is 10.6. The van der Waals surface area contributed by atoms with Gasteiger partial charge in [-0.1, -0.05) is 119 Å². The molecule has 0 spiro atoms. The van der Waals surface area contributed by atoms with Gasteiger partial charge in [0.15, 0.2) is 0 Å². The number of nitro groups is 2. The number of hydrogen-bond donors (Lipinski definition) is 0. The van der Waals surface area contributed by atoms with Crippen LogP contribution in [0.4, 0.5) is 11.4 Å². The Hall–Kier alpha value is -4.35. The van der Waals surface area contributed by atoms with Crippen LogP contribution in [-0.2, 0) is 0 Å². The summed E-state index contributed by atoms with van der Waals surface area (Å²) in [4.78, 5) is 21.6. The second-order valence-electron chi connectivity index (χ2n) is 14.2. The van der Waals surface area contributed by atoms with Crippen molar-refractivity contribution in [3.8, 4) is 46.6 Å². The minimum atomic E-state index is -2.17. The van der Waals surface area contributed by atoms with E-state index in [1.54, 1.807) is 24.3 Å². The maximum Gasteiger partial charge on any atom is 0.269 e. The van der Waals surface area contributed by atoms with Crippen LogP contribution < -0.4 is 0 Å². The van der Waals surface area contributed by atoms with E-state index >= 15 is 0 Å². The lowest BCUT2D eigenvalue weighted by Crippen LogP contribution is -2.43. The lowest BCUT2D eigenvalue weighted by Gasteiger charge is -2.38. The SMILES string of the molecule is CC(C)[Si](C#C/C(C#Cc1ccc([N+](=O)[O-])cc1)=C(/C#Cc1ccc([N+](=O)[O-])cc1)C#C[Si](C(C)C)(C(C)C)C(C)C)(C(C)C)C(C)C. The molecule has 0 unspecified atom stereocenters. The molecule has 2 aromatic carbocycles. The highest BCUT2D eigenvalue weighted by Gasteiger charge is 2.42. The minimum absolute atomic E-state index is 0.00411. The van der Waals surface area contributed by atoms with Crippen LogP contribution in [0.25, 0.3) is 0 Å². The highest BCUT2D eigenvalue weighted by molar-refractivity contribution is 6.91. The molecule has 252 valence electrons. The highest BCUT2D eigenvalue weighted by atomic mass is 28.3. The Balaban J connectivity index is 3.10. The molecule has 0 amide bonds. The van der Waals surface area contributed by atoms with Gasteiger partial charge in [0, 0.05) is 35.4 Å². The molecule has 0 heterocycles. The van der Waals surface area contributed by atoms with Crippen molar-refractivity contribution in [2.45, 2.75) is 116 Å². The Morgan fingerprint density at radius 1 is 0.479 bits per heavy atom. The first-order valence-electron chi connectivity index (χ1n) is 16.7. The van der Waals surface area contributed by atoms with Gasteiger partial charge in [-0.25, -0.2) is 0 Å². The summed E-state index contributed by atoms with van der Waals surface area (Å²) in [5, 5.41) is 22.5. The summed E-state index contributed by atoms with van der Waals surface area (Å²) in [6.07, 6.45) is 0. The molecular weight excluding hydrogens is 629 g/mol. The summed E-state index contributed by atoms with van der Waals surface area (Å²) in [5.74, 6) is 20.0. The minimum Gasteiger partial charge on any atom is -0.258 e. The maximum atomic E-state index is 11.2. The molecule has 2 rings (SSSR count). The normalized spacial score (nSPS) is 12.0. The smallest absolute Gasteiger partial charge is 0.258 e. The van der Waals surface area contributed by atoms with Crippen LogP contribution in [0.1, 0.15) is 94.2 Å². The Kier molecular flexibility index (Phi) is 14.2. The number of benzene rings is 2. The number of allylic oxidation sites excluding steroid dienone is 2. The van der Waals surface area contributed by atoms with E-state index in [1.807, 2.05) is 0 Å². The van der Waals surface area contributed by atoms with Crippen LogP contribution in [0.3, 0.4) is 0 Å². The van der Waals surface area contributed by atoms with E-state index in [-0.39, 0.29) is 11.4 Å². The van der Waals surface area contributed by atoms with Crippen LogP contribution in [0, 0.1) is 66.8 Å². The lowest BCUT2D eigenvalue weighted by atomic mass is 10.1. The number of nitrogens with zero attached hydrogens (tertiary/aromatic N) is 2. The fourth-order valence-electron chi connectivity index (χ4n) is 7.12. The van der Waals surface area contributed by atoms with E-state index in [9.17, 15) is 20.2 Å². The summed E-state index contributed by atoms with van der Waals surface area (Å²) in [6.45, 7) is 27.1.